The van der Waals surface area contributed by atoms with Crippen molar-refractivity contribution in [2.24, 2.45) is 0 Å². The second kappa shape index (κ2) is 3.82. The Morgan fingerprint density at radius 2 is 2.38 bits per heavy atom. The summed E-state index contributed by atoms with van der Waals surface area (Å²) in [5.41, 5.74) is 7.06. The smallest absolute Gasteiger partial charge is 0.360 e. The number of esters is 1. The van der Waals surface area contributed by atoms with Crippen molar-refractivity contribution in [2.75, 3.05) is 12.8 Å². The molecule has 2 aromatic rings. The number of rotatable bonds is 2. The number of anilines is 1. The Bertz CT molecular complexity index is 547. The van der Waals surface area contributed by atoms with Gasteiger partial charge in [0.25, 0.3) is 0 Å². The third-order valence-corrected chi connectivity index (χ3v) is 2.28. The Labute approximate surface area is 91.3 Å². The second-order valence-electron chi connectivity index (χ2n) is 3.26. The monoisotopic (exact) mass is 221 g/mol. The summed E-state index contributed by atoms with van der Waals surface area (Å²) in [5.74, 6) is -0.371. The fourth-order valence-electron chi connectivity index (χ4n) is 1.45. The molecule has 0 aliphatic carbocycles. The van der Waals surface area contributed by atoms with E-state index >= 15 is 0 Å². The maximum Gasteiger partial charge on any atom is 0.360 e. The summed E-state index contributed by atoms with van der Waals surface area (Å²) < 4.78 is 6.10. The summed E-state index contributed by atoms with van der Waals surface area (Å²) >= 11 is 0. The fraction of sp³-hybridized carbons (Fsp3) is 0.200. The van der Waals surface area contributed by atoms with Crippen LogP contribution in [0.3, 0.4) is 0 Å². The number of carbonyl (C=O) groups is 1. The molecule has 2 heterocycles. The van der Waals surface area contributed by atoms with Gasteiger partial charge < -0.3 is 15.6 Å². The van der Waals surface area contributed by atoms with Crippen molar-refractivity contribution in [2.45, 2.75) is 6.61 Å². The fourth-order valence-corrected chi connectivity index (χ4v) is 1.45. The van der Waals surface area contributed by atoms with Crippen molar-refractivity contribution in [3.05, 3.63) is 29.6 Å². The Hall–Kier alpha value is -2.08. The van der Waals surface area contributed by atoms with Crippen molar-refractivity contribution in [1.82, 2.24) is 9.38 Å². The van der Waals surface area contributed by atoms with E-state index in [0.717, 1.165) is 0 Å². The summed E-state index contributed by atoms with van der Waals surface area (Å²) in [7, 11) is 1.27. The molecule has 0 atom stereocenters. The molecule has 0 fully saturated rings. The molecule has 2 aromatic heterocycles. The van der Waals surface area contributed by atoms with E-state index in [2.05, 4.69) is 9.72 Å². The number of aliphatic hydroxyl groups excluding tert-OH is 1. The first-order chi connectivity index (χ1) is 7.67. The number of fused-ring (bicyclic) bond motifs is 1. The summed E-state index contributed by atoms with van der Waals surface area (Å²) in [6.45, 7) is -0.0961. The number of aliphatic hydroxyl groups is 1. The molecule has 0 bridgehead atoms. The number of hydrogen-bond donors (Lipinski definition) is 2. The predicted molar refractivity (Wildman–Crippen MR) is 56.9 cm³/mol. The average Bonchev–Trinajstić information content (AvgIpc) is 2.65. The summed E-state index contributed by atoms with van der Waals surface area (Å²) in [5, 5.41) is 8.98. The van der Waals surface area contributed by atoms with Crippen LogP contribution in [0.2, 0.25) is 0 Å². The van der Waals surface area contributed by atoms with Crippen molar-refractivity contribution in [3.63, 3.8) is 0 Å². The van der Waals surface area contributed by atoms with Gasteiger partial charge in [0.05, 0.1) is 13.7 Å². The van der Waals surface area contributed by atoms with E-state index in [-0.39, 0.29) is 18.1 Å². The van der Waals surface area contributed by atoms with Gasteiger partial charge in [-0.15, -0.1) is 0 Å². The summed E-state index contributed by atoms with van der Waals surface area (Å²) in [6.07, 6.45) is 1.63. The van der Waals surface area contributed by atoms with E-state index in [0.29, 0.717) is 11.2 Å². The third kappa shape index (κ3) is 1.49. The Morgan fingerprint density at radius 3 is 3.00 bits per heavy atom. The Kier molecular flexibility index (Phi) is 2.49. The predicted octanol–water partition coefficient (Wildman–Crippen LogP) is 0.195. The first-order valence-corrected chi connectivity index (χ1v) is 4.63. The minimum atomic E-state index is -0.577. The highest BCUT2D eigenvalue weighted by Gasteiger charge is 2.17. The first-order valence-electron chi connectivity index (χ1n) is 4.63. The van der Waals surface area contributed by atoms with Crippen LogP contribution in [-0.4, -0.2) is 27.6 Å². The third-order valence-electron chi connectivity index (χ3n) is 2.28. The molecule has 0 unspecified atom stereocenters. The van der Waals surface area contributed by atoms with Crippen molar-refractivity contribution < 1.29 is 14.6 Å². The number of ether oxygens (including phenoxy) is 1. The standard InChI is InChI=1S/C10H11N3O3/c1-16-10(15)8-9(11)13-4-6(5-14)2-3-7(13)12-8/h2-4,14H,5,11H2,1H3. The van der Waals surface area contributed by atoms with Gasteiger partial charge in [0.15, 0.2) is 5.69 Å². The lowest BCUT2D eigenvalue weighted by molar-refractivity contribution is 0.0596. The molecule has 2 rings (SSSR count). The van der Waals surface area contributed by atoms with Crippen LogP contribution in [0.4, 0.5) is 5.82 Å². The maximum atomic E-state index is 11.3. The molecular weight excluding hydrogens is 210 g/mol. The van der Waals surface area contributed by atoms with Gasteiger partial charge in [-0.3, -0.25) is 4.40 Å². The van der Waals surface area contributed by atoms with Gasteiger partial charge in [-0.2, -0.15) is 0 Å². The highest BCUT2D eigenvalue weighted by Crippen LogP contribution is 2.16. The van der Waals surface area contributed by atoms with E-state index in [1.165, 1.54) is 11.5 Å². The zero-order valence-corrected chi connectivity index (χ0v) is 8.67. The number of nitrogens with zero attached hydrogens (tertiary/aromatic N) is 2. The number of nitrogen functional groups attached to an aromatic ring is 1. The zero-order valence-electron chi connectivity index (χ0n) is 8.67. The van der Waals surface area contributed by atoms with Crippen LogP contribution in [0.15, 0.2) is 18.3 Å². The van der Waals surface area contributed by atoms with Gasteiger partial charge in [0, 0.05) is 6.20 Å². The van der Waals surface area contributed by atoms with Crippen LogP contribution in [0.25, 0.3) is 5.65 Å². The highest BCUT2D eigenvalue weighted by atomic mass is 16.5. The number of pyridine rings is 1. The number of carbonyl (C=O) groups excluding carboxylic acids is 1. The van der Waals surface area contributed by atoms with Crippen LogP contribution in [-0.2, 0) is 11.3 Å². The zero-order chi connectivity index (χ0) is 11.7. The number of hydrogen-bond acceptors (Lipinski definition) is 5. The van der Waals surface area contributed by atoms with E-state index < -0.39 is 5.97 Å². The topological polar surface area (TPSA) is 89.8 Å². The van der Waals surface area contributed by atoms with Crippen LogP contribution >= 0.6 is 0 Å². The van der Waals surface area contributed by atoms with Crippen molar-refractivity contribution in [3.8, 4) is 0 Å². The van der Waals surface area contributed by atoms with Gasteiger partial charge in [-0.25, -0.2) is 9.78 Å². The Morgan fingerprint density at radius 1 is 1.62 bits per heavy atom. The van der Waals surface area contributed by atoms with Crippen LogP contribution in [0.5, 0.6) is 0 Å². The molecule has 84 valence electrons. The summed E-state index contributed by atoms with van der Waals surface area (Å²) in [4.78, 5) is 15.4. The number of imidazole rings is 1. The van der Waals surface area contributed by atoms with E-state index in [1.54, 1.807) is 18.3 Å². The van der Waals surface area contributed by atoms with E-state index in [1.807, 2.05) is 0 Å². The number of nitrogens with two attached hydrogens (primary N) is 1. The van der Waals surface area contributed by atoms with Gasteiger partial charge in [-0.1, -0.05) is 6.07 Å². The lowest BCUT2D eigenvalue weighted by atomic mass is 10.3. The molecule has 0 amide bonds. The quantitative estimate of drug-likeness (QED) is 0.707. The molecule has 0 aliphatic heterocycles. The molecule has 6 heteroatoms. The molecule has 0 saturated carbocycles. The average molecular weight is 221 g/mol. The van der Waals surface area contributed by atoms with Crippen molar-refractivity contribution >= 4 is 17.4 Å². The molecular formula is C10H11N3O3. The normalized spacial score (nSPS) is 10.6. The number of aromatic nitrogens is 2. The lowest BCUT2D eigenvalue weighted by Gasteiger charge is -1.99. The Balaban J connectivity index is 2.64. The lowest BCUT2D eigenvalue weighted by Crippen LogP contribution is -2.06. The molecule has 0 aromatic carbocycles. The maximum absolute atomic E-state index is 11.3. The summed E-state index contributed by atoms with van der Waals surface area (Å²) in [6, 6.07) is 3.39. The SMILES string of the molecule is COC(=O)c1nc2ccc(CO)cn2c1N. The molecule has 0 spiro atoms. The number of methoxy groups -OCH3 is 1. The van der Waals surface area contributed by atoms with E-state index in [9.17, 15) is 4.79 Å². The molecule has 0 radical (unpaired) electrons. The van der Waals surface area contributed by atoms with Gasteiger partial charge in [-0.05, 0) is 11.6 Å². The van der Waals surface area contributed by atoms with Crippen molar-refractivity contribution in [1.29, 1.82) is 0 Å². The molecule has 6 nitrogen and oxygen atoms in total. The molecule has 0 aliphatic rings. The molecule has 16 heavy (non-hydrogen) atoms. The second-order valence-corrected chi connectivity index (χ2v) is 3.26. The largest absolute Gasteiger partial charge is 0.464 e. The molecule has 3 N–H and O–H groups in total. The van der Waals surface area contributed by atoms with Gasteiger partial charge in [0.1, 0.15) is 11.5 Å². The highest BCUT2D eigenvalue weighted by molar-refractivity contribution is 5.93. The van der Waals surface area contributed by atoms with Gasteiger partial charge >= 0.3 is 5.97 Å². The van der Waals surface area contributed by atoms with Crippen LogP contribution in [0.1, 0.15) is 16.1 Å². The first kappa shape index (κ1) is 10.4. The van der Waals surface area contributed by atoms with Crippen LogP contribution in [0, 0.1) is 0 Å². The van der Waals surface area contributed by atoms with Gasteiger partial charge in [0.2, 0.25) is 0 Å². The van der Waals surface area contributed by atoms with E-state index in [4.69, 9.17) is 10.8 Å². The molecule has 0 saturated heterocycles. The minimum Gasteiger partial charge on any atom is -0.464 e. The minimum absolute atomic E-state index is 0.0811. The van der Waals surface area contributed by atoms with Crippen LogP contribution < -0.4 is 5.73 Å².